The number of piperazine rings is 1. The van der Waals surface area contributed by atoms with Crippen LogP contribution in [0, 0.1) is 0 Å². The van der Waals surface area contributed by atoms with Gasteiger partial charge in [-0.05, 0) is 31.5 Å². The molecule has 1 aliphatic heterocycles. The van der Waals surface area contributed by atoms with Gasteiger partial charge in [-0.1, -0.05) is 6.92 Å². The van der Waals surface area contributed by atoms with Crippen LogP contribution in [0.2, 0.25) is 0 Å². The van der Waals surface area contributed by atoms with E-state index in [0.717, 1.165) is 26.1 Å². The van der Waals surface area contributed by atoms with Crippen molar-refractivity contribution < 1.29 is 22.6 Å². The van der Waals surface area contributed by atoms with Crippen molar-refractivity contribution in [3.8, 4) is 11.5 Å². The number of nitrogens with one attached hydrogen (secondary N) is 1. The van der Waals surface area contributed by atoms with Crippen LogP contribution >= 0.6 is 0 Å². The van der Waals surface area contributed by atoms with E-state index < -0.39 is 6.36 Å². The number of halogens is 3. The van der Waals surface area contributed by atoms with Crippen LogP contribution in [0.5, 0.6) is 11.5 Å². The first-order valence-corrected chi connectivity index (χ1v) is 7.84. The van der Waals surface area contributed by atoms with E-state index in [9.17, 15) is 13.2 Å². The summed E-state index contributed by atoms with van der Waals surface area (Å²) >= 11 is 0. The molecule has 1 aliphatic rings. The molecule has 0 aromatic heterocycles. The van der Waals surface area contributed by atoms with Crippen molar-refractivity contribution in [1.29, 1.82) is 0 Å². The summed E-state index contributed by atoms with van der Waals surface area (Å²) < 4.78 is 46.9. The molecule has 1 heterocycles. The minimum Gasteiger partial charge on any atom is -0.493 e. The second-order valence-corrected chi connectivity index (χ2v) is 5.76. The summed E-state index contributed by atoms with van der Waals surface area (Å²) in [6.45, 7) is 7.71. The Morgan fingerprint density at radius 1 is 1.35 bits per heavy atom. The van der Waals surface area contributed by atoms with E-state index in [1.807, 2.05) is 6.92 Å². The standard InChI is InChI=1S/C16H23F3N2O2/c1-3-8-22-15-5-4-14(23-16(17,18)19)9-13(15)11-21-7-6-20-12(2)10-21/h4-5,9,12,20H,3,6-8,10-11H2,1-2H3/t12-/m0/s1. The summed E-state index contributed by atoms with van der Waals surface area (Å²) in [5, 5.41) is 3.34. The summed E-state index contributed by atoms with van der Waals surface area (Å²) in [4.78, 5) is 2.20. The van der Waals surface area contributed by atoms with Crippen LogP contribution in [-0.2, 0) is 6.54 Å². The Labute approximate surface area is 134 Å². The van der Waals surface area contributed by atoms with Gasteiger partial charge in [-0.2, -0.15) is 0 Å². The molecule has 1 fully saturated rings. The van der Waals surface area contributed by atoms with Crippen LogP contribution in [0.3, 0.4) is 0 Å². The van der Waals surface area contributed by atoms with Gasteiger partial charge in [0.25, 0.3) is 0 Å². The summed E-state index contributed by atoms with van der Waals surface area (Å²) in [6, 6.07) is 4.63. The third-order valence-electron chi connectivity index (χ3n) is 3.57. The average molecular weight is 332 g/mol. The fraction of sp³-hybridized carbons (Fsp3) is 0.625. The van der Waals surface area contributed by atoms with E-state index in [2.05, 4.69) is 21.9 Å². The first-order chi connectivity index (χ1) is 10.9. The molecule has 1 atom stereocenters. The normalized spacial score (nSPS) is 19.6. The van der Waals surface area contributed by atoms with E-state index in [4.69, 9.17) is 4.74 Å². The van der Waals surface area contributed by atoms with Gasteiger partial charge in [-0.15, -0.1) is 13.2 Å². The van der Waals surface area contributed by atoms with Gasteiger partial charge in [0.15, 0.2) is 0 Å². The molecule has 23 heavy (non-hydrogen) atoms. The minimum absolute atomic E-state index is 0.209. The summed E-state index contributed by atoms with van der Waals surface area (Å²) in [6.07, 6.45) is -3.85. The zero-order valence-corrected chi connectivity index (χ0v) is 13.4. The maximum Gasteiger partial charge on any atom is 0.573 e. The number of alkyl halides is 3. The van der Waals surface area contributed by atoms with Gasteiger partial charge in [-0.25, -0.2) is 0 Å². The molecule has 0 spiro atoms. The topological polar surface area (TPSA) is 33.7 Å². The van der Waals surface area contributed by atoms with Crippen LogP contribution in [0.1, 0.15) is 25.8 Å². The van der Waals surface area contributed by atoms with Crippen LogP contribution in [0.25, 0.3) is 0 Å². The highest BCUT2D eigenvalue weighted by Crippen LogP contribution is 2.29. The molecule has 1 saturated heterocycles. The molecule has 130 valence electrons. The zero-order chi connectivity index (χ0) is 16.9. The van der Waals surface area contributed by atoms with Gasteiger partial charge in [0.1, 0.15) is 11.5 Å². The van der Waals surface area contributed by atoms with Crippen molar-refractivity contribution >= 4 is 0 Å². The molecule has 0 saturated carbocycles. The van der Waals surface area contributed by atoms with Crippen molar-refractivity contribution in [2.45, 2.75) is 39.2 Å². The molecule has 0 amide bonds. The van der Waals surface area contributed by atoms with E-state index in [0.29, 0.717) is 30.5 Å². The van der Waals surface area contributed by atoms with Crippen LogP contribution < -0.4 is 14.8 Å². The number of rotatable bonds is 6. The molecule has 4 nitrogen and oxygen atoms in total. The lowest BCUT2D eigenvalue weighted by atomic mass is 10.1. The molecular weight excluding hydrogens is 309 g/mol. The lowest BCUT2D eigenvalue weighted by Crippen LogP contribution is -2.48. The maximum absolute atomic E-state index is 12.4. The van der Waals surface area contributed by atoms with E-state index in [-0.39, 0.29) is 5.75 Å². The van der Waals surface area contributed by atoms with Gasteiger partial charge in [-0.3, -0.25) is 4.90 Å². The van der Waals surface area contributed by atoms with Crippen LogP contribution in [-0.4, -0.2) is 43.5 Å². The summed E-state index contributed by atoms with van der Waals surface area (Å²) in [7, 11) is 0. The molecule has 1 aromatic rings. The smallest absolute Gasteiger partial charge is 0.493 e. The molecule has 1 aromatic carbocycles. The SMILES string of the molecule is CCCOc1ccc(OC(F)(F)F)cc1CN1CCN[C@@H](C)C1. The molecule has 1 N–H and O–H groups in total. The Hall–Kier alpha value is -1.47. The third-order valence-corrected chi connectivity index (χ3v) is 3.57. The first kappa shape index (κ1) is 17.9. The number of benzene rings is 1. The van der Waals surface area contributed by atoms with Crippen molar-refractivity contribution in [3.05, 3.63) is 23.8 Å². The van der Waals surface area contributed by atoms with E-state index in [1.165, 1.54) is 12.1 Å². The van der Waals surface area contributed by atoms with Crippen molar-refractivity contribution in [2.75, 3.05) is 26.2 Å². The Morgan fingerprint density at radius 3 is 2.78 bits per heavy atom. The van der Waals surface area contributed by atoms with Crippen molar-refractivity contribution in [2.24, 2.45) is 0 Å². The number of nitrogens with zero attached hydrogens (tertiary/aromatic N) is 1. The van der Waals surface area contributed by atoms with Gasteiger partial charge in [0, 0.05) is 37.8 Å². The molecule has 0 unspecified atom stereocenters. The zero-order valence-electron chi connectivity index (χ0n) is 13.4. The Kier molecular flexibility index (Phi) is 6.12. The lowest BCUT2D eigenvalue weighted by molar-refractivity contribution is -0.274. The lowest BCUT2D eigenvalue weighted by Gasteiger charge is -2.32. The molecular formula is C16H23F3N2O2. The Bertz CT molecular complexity index is 509. The Balaban J connectivity index is 2.15. The Morgan fingerprint density at radius 2 is 2.13 bits per heavy atom. The monoisotopic (exact) mass is 332 g/mol. The molecule has 0 aliphatic carbocycles. The van der Waals surface area contributed by atoms with Crippen molar-refractivity contribution in [3.63, 3.8) is 0 Å². The van der Waals surface area contributed by atoms with Gasteiger partial charge >= 0.3 is 6.36 Å². The molecule has 7 heteroatoms. The number of hydrogen-bond donors (Lipinski definition) is 1. The summed E-state index contributed by atoms with van der Waals surface area (Å²) in [5.41, 5.74) is 0.717. The molecule has 0 bridgehead atoms. The van der Waals surface area contributed by atoms with Crippen LogP contribution in [0.15, 0.2) is 18.2 Å². The average Bonchev–Trinajstić information content (AvgIpc) is 2.45. The fourth-order valence-electron chi connectivity index (χ4n) is 2.63. The van der Waals surface area contributed by atoms with Gasteiger partial charge in [0.05, 0.1) is 6.61 Å². The highest BCUT2D eigenvalue weighted by molar-refractivity contribution is 5.40. The predicted octanol–water partition coefficient (Wildman–Crippen LogP) is 3.17. The fourth-order valence-corrected chi connectivity index (χ4v) is 2.63. The third kappa shape index (κ3) is 5.91. The first-order valence-electron chi connectivity index (χ1n) is 7.84. The van der Waals surface area contributed by atoms with Crippen molar-refractivity contribution in [1.82, 2.24) is 10.2 Å². The number of ether oxygens (including phenoxy) is 2. The second kappa shape index (κ2) is 7.88. The molecule has 2 rings (SSSR count). The van der Waals surface area contributed by atoms with E-state index >= 15 is 0 Å². The maximum atomic E-state index is 12.4. The van der Waals surface area contributed by atoms with Gasteiger partial charge < -0.3 is 14.8 Å². The van der Waals surface area contributed by atoms with E-state index in [1.54, 1.807) is 6.07 Å². The largest absolute Gasteiger partial charge is 0.573 e. The minimum atomic E-state index is -4.69. The molecule has 0 radical (unpaired) electrons. The summed E-state index contributed by atoms with van der Waals surface area (Å²) in [5.74, 6) is 0.409. The number of hydrogen-bond acceptors (Lipinski definition) is 4. The quantitative estimate of drug-likeness (QED) is 0.868. The highest BCUT2D eigenvalue weighted by Gasteiger charge is 2.31. The second-order valence-electron chi connectivity index (χ2n) is 5.76. The predicted molar refractivity (Wildman–Crippen MR) is 81.7 cm³/mol. The highest BCUT2D eigenvalue weighted by atomic mass is 19.4. The van der Waals surface area contributed by atoms with Crippen LogP contribution in [0.4, 0.5) is 13.2 Å². The van der Waals surface area contributed by atoms with Gasteiger partial charge in [0.2, 0.25) is 0 Å².